The third kappa shape index (κ3) is 1.68. The molecule has 25 heavy (non-hydrogen) atoms. The Morgan fingerprint density at radius 1 is 1.40 bits per heavy atom. The van der Waals surface area contributed by atoms with Crippen LogP contribution in [0.15, 0.2) is 47.7 Å². The third-order valence-corrected chi connectivity index (χ3v) is 6.97. The zero-order chi connectivity index (χ0) is 17.2. The minimum Gasteiger partial charge on any atom is -0.466 e. The predicted molar refractivity (Wildman–Crippen MR) is 97.2 cm³/mol. The lowest BCUT2D eigenvalue weighted by molar-refractivity contribution is -0.137. The van der Waals surface area contributed by atoms with Crippen molar-refractivity contribution in [2.75, 3.05) is 25.5 Å². The zero-order valence-corrected chi connectivity index (χ0v) is 14.8. The lowest BCUT2D eigenvalue weighted by Crippen LogP contribution is -2.58. The number of methoxy groups -OCH3 is 1. The van der Waals surface area contributed by atoms with Crippen molar-refractivity contribution in [1.82, 2.24) is 4.90 Å². The Balaban J connectivity index is 1.83. The van der Waals surface area contributed by atoms with Crippen LogP contribution < -0.4 is 5.32 Å². The summed E-state index contributed by atoms with van der Waals surface area (Å²) >= 11 is 0. The monoisotopic (exact) mass is 336 g/mol. The number of hydrogen-bond donors (Lipinski definition) is 1. The van der Waals surface area contributed by atoms with Crippen molar-refractivity contribution in [2.45, 2.75) is 37.6 Å². The van der Waals surface area contributed by atoms with Gasteiger partial charge in [-0.2, -0.15) is 0 Å². The Kier molecular flexibility index (Phi) is 3.03. The maximum Gasteiger partial charge on any atom is 0.335 e. The molecule has 1 saturated heterocycles. The van der Waals surface area contributed by atoms with E-state index in [0.29, 0.717) is 6.04 Å². The number of anilines is 1. The minimum atomic E-state index is -0.182. The molecule has 3 aliphatic heterocycles. The molecule has 1 aromatic rings. The highest BCUT2D eigenvalue weighted by molar-refractivity contribution is 5.93. The van der Waals surface area contributed by atoms with Gasteiger partial charge in [-0.05, 0) is 30.9 Å². The van der Waals surface area contributed by atoms with Crippen LogP contribution in [0.5, 0.6) is 0 Å². The minimum absolute atomic E-state index is 0.000898. The van der Waals surface area contributed by atoms with Gasteiger partial charge in [-0.25, -0.2) is 4.79 Å². The summed E-state index contributed by atoms with van der Waals surface area (Å²) in [5, 5.41) is 3.62. The van der Waals surface area contributed by atoms with Crippen LogP contribution in [0.25, 0.3) is 0 Å². The SMILES string of the molecule is CC[C@]12C=CCN3CC[C@]4(C(=C(C(=O)OC)C1)Nc1ccccc14)[C@@H]32. The molecule has 4 aliphatic rings. The maximum atomic E-state index is 12.7. The van der Waals surface area contributed by atoms with Crippen LogP contribution in [-0.4, -0.2) is 37.1 Å². The van der Waals surface area contributed by atoms with Gasteiger partial charge in [0.2, 0.25) is 0 Å². The summed E-state index contributed by atoms with van der Waals surface area (Å²) in [4.78, 5) is 15.3. The van der Waals surface area contributed by atoms with E-state index in [1.54, 1.807) is 0 Å². The number of rotatable bonds is 2. The fourth-order valence-electron chi connectivity index (χ4n) is 6.02. The molecule has 1 aliphatic carbocycles. The van der Waals surface area contributed by atoms with Crippen LogP contribution in [0.3, 0.4) is 0 Å². The van der Waals surface area contributed by atoms with Crippen molar-refractivity contribution in [3.63, 3.8) is 0 Å². The summed E-state index contributed by atoms with van der Waals surface area (Å²) in [6.45, 7) is 4.34. The molecule has 1 N–H and O–H groups in total. The van der Waals surface area contributed by atoms with Crippen LogP contribution in [0.2, 0.25) is 0 Å². The first-order chi connectivity index (χ1) is 12.2. The molecular weight excluding hydrogens is 312 g/mol. The van der Waals surface area contributed by atoms with Gasteiger partial charge >= 0.3 is 5.97 Å². The molecule has 3 heterocycles. The smallest absolute Gasteiger partial charge is 0.335 e. The summed E-state index contributed by atoms with van der Waals surface area (Å²) < 4.78 is 5.19. The second-order valence-corrected chi connectivity index (χ2v) is 7.80. The van der Waals surface area contributed by atoms with Crippen molar-refractivity contribution in [3.05, 3.63) is 53.3 Å². The highest BCUT2D eigenvalue weighted by Gasteiger charge is 2.65. The fraction of sp³-hybridized carbons (Fsp3) is 0.476. The number of carbonyl (C=O) groups is 1. The van der Waals surface area contributed by atoms with Crippen LogP contribution in [0.1, 0.15) is 31.7 Å². The molecule has 1 aromatic carbocycles. The van der Waals surface area contributed by atoms with Gasteiger partial charge in [0, 0.05) is 35.9 Å². The average Bonchev–Trinajstić information content (AvgIpc) is 3.21. The zero-order valence-electron chi connectivity index (χ0n) is 14.8. The van der Waals surface area contributed by atoms with Crippen molar-refractivity contribution in [2.24, 2.45) is 5.41 Å². The van der Waals surface area contributed by atoms with Crippen LogP contribution in [0, 0.1) is 5.41 Å². The molecular formula is C21H24N2O2. The summed E-state index contributed by atoms with van der Waals surface area (Å²) in [7, 11) is 1.49. The second kappa shape index (κ2) is 4.98. The fourth-order valence-corrected chi connectivity index (χ4v) is 6.02. The van der Waals surface area contributed by atoms with Gasteiger partial charge < -0.3 is 10.1 Å². The molecule has 1 spiro atoms. The molecule has 0 unspecified atom stereocenters. The summed E-state index contributed by atoms with van der Waals surface area (Å²) in [6.07, 6.45) is 7.53. The Bertz CT molecular complexity index is 827. The molecule has 0 saturated carbocycles. The molecule has 4 nitrogen and oxygen atoms in total. The lowest BCUT2D eigenvalue weighted by atomic mass is 9.55. The predicted octanol–water partition coefficient (Wildman–Crippen LogP) is 3.22. The first-order valence-electron chi connectivity index (χ1n) is 9.26. The summed E-state index contributed by atoms with van der Waals surface area (Å²) in [5.41, 5.74) is 4.34. The molecule has 0 amide bonds. The first-order valence-corrected chi connectivity index (χ1v) is 9.26. The van der Waals surface area contributed by atoms with Gasteiger partial charge in [-0.3, -0.25) is 4.90 Å². The highest BCUT2D eigenvalue weighted by atomic mass is 16.5. The number of esters is 1. The van der Waals surface area contributed by atoms with Crippen LogP contribution >= 0.6 is 0 Å². The van der Waals surface area contributed by atoms with Crippen molar-refractivity contribution < 1.29 is 9.53 Å². The molecule has 130 valence electrons. The average molecular weight is 336 g/mol. The highest BCUT2D eigenvalue weighted by Crippen LogP contribution is 2.64. The van der Waals surface area contributed by atoms with E-state index in [1.807, 2.05) is 0 Å². The topological polar surface area (TPSA) is 41.6 Å². The van der Waals surface area contributed by atoms with Crippen molar-refractivity contribution >= 4 is 11.7 Å². The van der Waals surface area contributed by atoms with E-state index in [0.717, 1.165) is 49.3 Å². The van der Waals surface area contributed by atoms with E-state index < -0.39 is 0 Å². The number of nitrogens with one attached hydrogen (secondary N) is 1. The number of nitrogens with zero attached hydrogens (tertiary/aromatic N) is 1. The number of ether oxygens (including phenoxy) is 1. The van der Waals surface area contributed by atoms with Crippen LogP contribution in [-0.2, 0) is 14.9 Å². The normalized spacial score (nSPS) is 35.0. The number of benzene rings is 1. The van der Waals surface area contributed by atoms with E-state index in [2.05, 4.69) is 53.6 Å². The van der Waals surface area contributed by atoms with Gasteiger partial charge in [0.05, 0.1) is 18.1 Å². The van der Waals surface area contributed by atoms with E-state index >= 15 is 0 Å². The van der Waals surface area contributed by atoms with E-state index in [4.69, 9.17) is 4.74 Å². The standard InChI is InChI=1S/C21H24N2O2/c1-3-20-9-6-11-23-12-10-21(19(20)23)15-7-4-5-8-16(15)22-17(21)14(13-20)18(24)25-2/h4-9,19,22H,3,10-13H2,1-2H3/t19-,20-,21-/m0/s1. The number of hydrogen-bond acceptors (Lipinski definition) is 4. The quantitative estimate of drug-likeness (QED) is 0.665. The van der Waals surface area contributed by atoms with Crippen molar-refractivity contribution in [3.8, 4) is 0 Å². The van der Waals surface area contributed by atoms with Gasteiger partial charge in [0.1, 0.15) is 0 Å². The largest absolute Gasteiger partial charge is 0.466 e. The molecule has 0 radical (unpaired) electrons. The van der Waals surface area contributed by atoms with Gasteiger partial charge in [0.25, 0.3) is 0 Å². The Morgan fingerprint density at radius 3 is 3.04 bits per heavy atom. The van der Waals surface area contributed by atoms with Crippen LogP contribution in [0.4, 0.5) is 5.69 Å². The van der Waals surface area contributed by atoms with Gasteiger partial charge in [0.15, 0.2) is 0 Å². The van der Waals surface area contributed by atoms with E-state index in [1.165, 1.54) is 12.7 Å². The summed E-state index contributed by atoms with van der Waals surface area (Å²) in [5.74, 6) is -0.182. The Hall–Kier alpha value is -2.07. The first kappa shape index (κ1) is 15.2. The molecule has 1 fully saturated rings. The summed E-state index contributed by atoms with van der Waals surface area (Å²) in [6, 6.07) is 8.99. The molecule has 5 rings (SSSR count). The third-order valence-electron chi connectivity index (χ3n) is 6.97. The van der Waals surface area contributed by atoms with Gasteiger partial charge in [-0.1, -0.05) is 37.3 Å². The molecule has 4 heteroatoms. The Morgan fingerprint density at radius 2 is 2.24 bits per heavy atom. The molecule has 3 atom stereocenters. The maximum absolute atomic E-state index is 12.7. The van der Waals surface area contributed by atoms with Gasteiger partial charge in [-0.15, -0.1) is 0 Å². The second-order valence-electron chi connectivity index (χ2n) is 7.80. The van der Waals surface area contributed by atoms with Crippen molar-refractivity contribution in [1.29, 1.82) is 0 Å². The Labute approximate surface area is 148 Å². The molecule has 0 bridgehead atoms. The number of carbonyl (C=O) groups excluding carboxylic acids is 1. The van der Waals surface area contributed by atoms with E-state index in [-0.39, 0.29) is 16.8 Å². The molecule has 0 aromatic heterocycles. The lowest BCUT2D eigenvalue weighted by Gasteiger charge is -2.53. The van der Waals surface area contributed by atoms with E-state index in [9.17, 15) is 4.79 Å². The number of fused-ring (bicyclic) bond motifs is 1. The number of para-hydroxylation sites is 1.